The molecule has 7 nitrogen and oxygen atoms in total. The maximum absolute atomic E-state index is 12.8. The summed E-state index contributed by atoms with van der Waals surface area (Å²) in [5.74, 6) is 0.399. The number of nitrogens with one attached hydrogen (secondary N) is 1. The highest BCUT2D eigenvalue weighted by atomic mass is 32.2. The minimum absolute atomic E-state index is 0.0417. The number of nitrogens with zero attached hydrogens (tertiary/aromatic N) is 2. The topological polar surface area (TPSA) is 86.8 Å². The molecule has 1 aromatic rings. The average molecular weight is 422 g/mol. The first kappa shape index (κ1) is 21.8. The van der Waals surface area contributed by atoms with Gasteiger partial charge in [-0.1, -0.05) is 32.8 Å². The van der Waals surface area contributed by atoms with Crippen LogP contribution in [0.2, 0.25) is 0 Å². The number of hydrogen-bond donors (Lipinski definition) is 1. The SMILES string of the molecule is C[C@H]1[C@H](C)CCC[C@@H]1N1C[C@H](C(=O)Nc2cccc(S(=O)(=O)N(C)C)c2)CC1=O. The van der Waals surface area contributed by atoms with E-state index in [9.17, 15) is 18.0 Å². The van der Waals surface area contributed by atoms with Crippen LogP contribution in [0.4, 0.5) is 5.69 Å². The molecule has 2 fully saturated rings. The van der Waals surface area contributed by atoms with Crippen molar-refractivity contribution in [2.45, 2.75) is 50.5 Å². The van der Waals surface area contributed by atoms with Crippen molar-refractivity contribution in [2.75, 3.05) is 26.0 Å². The number of anilines is 1. The maximum atomic E-state index is 12.8. The number of rotatable bonds is 5. The molecule has 160 valence electrons. The Morgan fingerprint density at radius 3 is 2.62 bits per heavy atom. The molecule has 1 heterocycles. The Bertz CT molecular complexity index is 884. The van der Waals surface area contributed by atoms with Crippen molar-refractivity contribution in [3.05, 3.63) is 24.3 Å². The fourth-order valence-electron chi connectivity index (χ4n) is 4.41. The number of hydrogen-bond acceptors (Lipinski definition) is 4. The number of carbonyl (C=O) groups is 2. The predicted octanol–water partition coefficient (Wildman–Crippen LogP) is 2.55. The third-order valence-corrected chi connectivity index (χ3v) is 8.28. The van der Waals surface area contributed by atoms with Crippen molar-refractivity contribution in [3.63, 3.8) is 0 Å². The molecule has 29 heavy (non-hydrogen) atoms. The molecule has 0 spiro atoms. The minimum Gasteiger partial charge on any atom is -0.339 e. The van der Waals surface area contributed by atoms with Crippen LogP contribution in [0, 0.1) is 17.8 Å². The zero-order valence-electron chi connectivity index (χ0n) is 17.6. The number of benzene rings is 1. The van der Waals surface area contributed by atoms with E-state index < -0.39 is 15.9 Å². The maximum Gasteiger partial charge on any atom is 0.242 e. The highest BCUT2D eigenvalue weighted by Crippen LogP contribution is 2.36. The highest BCUT2D eigenvalue weighted by Gasteiger charge is 2.41. The Balaban J connectivity index is 1.69. The smallest absolute Gasteiger partial charge is 0.242 e. The second-order valence-electron chi connectivity index (χ2n) is 8.59. The molecule has 2 aliphatic rings. The van der Waals surface area contributed by atoms with Crippen molar-refractivity contribution in [2.24, 2.45) is 17.8 Å². The van der Waals surface area contributed by atoms with Crippen molar-refractivity contribution in [1.82, 2.24) is 9.21 Å². The Labute approximate surface area is 173 Å². The Morgan fingerprint density at radius 2 is 1.93 bits per heavy atom. The molecule has 1 saturated heterocycles. The van der Waals surface area contributed by atoms with Crippen molar-refractivity contribution in [3.8, 4) is 0 Å². The largest absolute Gasteiger partial charge is 0.339 e. The third kappa shape index (κ3) is 4.48. The van der Waals surface area contributed by atoms with E-state index in [1.165, 1.54) is 32.6 Å². The van der Waals surface area contributed by atoms with Gasteiger partial charge in [-0.3, -0.25) is 9.59 Å². The lowest BCUT2D eigenvalue weighted by Crippen LogP contribution is -2.45. The fourth-order valence-corrected chi connectivity index (χ4v) is 5.36. The summed E-state index contributed by atoms with van der Waals surface area (Å²) in [6.07, 6.45) is 3.51. The first-order valence-corrected chi connectivity index (χ1v) is 11.7. The van der Waals surface area contributed by atoms with Crippen molar-refractivity contribution in [1.29, 1.82) is 0 Å². The molecule has 1 N–H and O–H groups in total. The van der Waals surface area contributed by atoms with E-state index in [0.717, 1.165) is 17.1 Å². The van der Waals surface area contributed by atoms with Gasteiger partial charge >= 0.3 is 0 Å². The molecular formula is C21H31N3O4S. The third-order valence-electron chi connectivity index (χ3n) is 6.47. The first-order valence-electron chi connectivity index (χ1n) is 10.2. The highest BCUT2D eigenvalue weighted by molar-refractivity contribution is 7.89. The summed E-state index contributed by atoms with van der Waals surface area (Å²) in [5, 5.41) is 2.80. The molecule has 0 aromatic heterocycles. The van der Waals surface area contributed by atoms with E-state index in [4.69, 9.17) is 0 Å². The van der Waals surface area contributed by atoms with Gasteiger partial charge in [0.1, 0.15) is 0 Å². The summed E-state index contributed by atoms with van der Waals surface area (Å²) in [6, 6.07) is 6.41. The van der Waals surface area contributed by atoms with Gasteiger partial charge in [0.2, 0.25) is 21.8 Å². The zero-order chi connectivity index (χ0) is 21.3. The zero-order valence-corrected chi connectivity index (χ0v) is 18.4. The van der Waals surface area contributed by atoms with Gasteiger partial charge in [0, 0.05) is 38.8 Å². The van der Waals surface area contributed by atoms with E-state index in [2.05, 4.69) is 19.2 Å². The van der Waals surface area contributed by atoms with Crippen LogP contribution in [0.3, 0.4) is 0 Å². The van der Waals surface area contributed by atoms with Crippen LogP contribution in [0.1, 0.15) is 39.5 Å². The molecular weight excluding hydrogens is 390 g/mol. The number of amides is 2. The molecule has 1 aliphatic carbocycles. The van der Waals surface area contributed by atoms with Crippen LogP contribution in [-0.2, 0) is 19.6 Å². The lowest BCUT2D eigenvalue weighted by molar-refractivity contribution is -0.131. The van der Waals surface area contributed by atoms with Gasteiger partial charge in [0.05, 0.1) is 10.8 Å². The lowest BCUT2D eigenvalue weighted by Gasteiger charge is -2.40. The normalized spacial score (nSPS) is 28.0. The van der Waals surface area contributed by atoms with Crippen LogP contribution in [0.5, 0.6) is 0 Å². The van der Waals surface area contributed by atoms with Crippen LogP contribution in [0.15, 0.2) is 29.2 Å². The molecule has 0 unspecified atom stereocenters. The lowest BCUT2D eigenvalue weighted by atomic mass is 9.77. The first-order chi connectivity index (χ1) is 13.6. The van der Waals surface area contributed by atoms with Crippen molar-refractivity contribution >= 4 is 27.5 Å². The van der Waals surface area contributed by atoms with Gasteiger partial charge in [-0.15, -0.1) is 0 Å². The molecule has 0 bridgehead atoms. The standard InChI is InChI=1S/C21H31N3O4S/c1-14-7-5-10-19(15(14)2)24-13-16(11-20(24)25)21(26)22-17-8-6-9-18(12-17)29(27,28)23(3)4/h6,8-9,12,14-16,19H,5,7,10-11,13H2,1-4H3,(H,22,26)/t14-,15+,16-,19+/m1/s1. The summed E-state index contributed by atoms with van der Waals surface area (Å²) in [7, 11) is -0.649. The van der Waals surface area contributed by atoms with E-state index >= 15 is 0 Å². The number of likely N-dealkylation sites (tertiary alicyclic amines) is 1. The van der Waals surface area contributed by atoms with Crippen LogP contribution >= 0.6 is 0 Å². The minimum atomic E-state index is -3.58. The predicted molar refractivity (Wildman–Crippen MR) is 112 cm³/mol. The Morgan fingerprint density at radius 1 is 1.21 bits per heavy atom. The van der Waals surface area contributed by atoms with Crippen molar-refractivity contribution < 1.29 is 18.0 Å². The number of carbonyl (C=O) groups excluding carboxylic acids is 2. The molecule has 0 radical (unpaired) electrons. The van der Waals surface area contributed by atoms with E-state index in [1.807, 2.05) is 4.90 Å². The molecule has 4 atom stereocenters. The number of sulfonamides is 1. The Kier molecular flexibility index (Phi) is 6.33. The average Bonchev–Trinajstić information content (AvgIpc) is 3.06. The van der Waals surface area contributed by atoms with Gasteiger partial charge in [0.15, 0.2) is 0 Å². The van der Waals surface area contributed by atoms with Crippen LogP contribution in [-0.4, -0.2) is 56.1 Å². The summed E-state index contributed by atoms with van der Waals surface area (Å²) in [6.45, 7) is 4.87. The second kappa shape index (κ2) is 8.44. The molecule has 8 heteroatoms. The second-order valence-corrected chi connectivity index (χ2v) is 10.7. The summed E-state index contributed by atoms with van der Waals surface area (Å²) in [5.41, 5.74) is 0.420. The van der Waals surface area contributed by atoms with Gasteiger partial charge in [-0.25, -0.2) is 12.7 Å². The van der Waals surface area contributed by atoms with Crippen LogP contribution in [0.25, 0.3) is 0 Å². The quantitative estimate of drug-likeness (QED) is 0.792. The van der Waals surface area contributed by atoms with Crippen LogP contribution < -0.4 is 5.32 Å². The molecule has 1 saturated carbocycles. The molecule has 3 rings (SSSR count). The summed E-state index contributed by atoms with van der Waals surface area (Å²) in [4.78, 5) is 27.4. The molecule has 1 aromatic carbocycles. The van der Waals surface area contributed by atoms with Gasteiger partial charge in [-0.05, 0) is 36.5 Å². The van der Waals surface area contributed by atoms with E-state index in [-0.39, 0.29) is 29.2 Å². The fraction of sp³-hybridized carbons (Fsp3) is 0.619. The molecule has 1 aliphatic heterocycles. The monoisotopic (exact) mass is 421 g/mol. The Hall–Kier alpha value is -1.93. The molecule has 2 amide bonds. The van der Waals surface area contributed by atoms with E-state index in [0.29, 0.717) is 24.1 Å². The summed E-state index contributed by atoms with van der Waals surface area (Å²) < 4.78 is 25.7. The van der Waals surface area contributed by atoms with Gasteiger partial charge in [-0.2, -0.15) is 0 Å². The summed E-state index contributed by atoms with van der Waals surface area (Å²) >= 11 is 0. The van der Waals surface area contributed by atoms with E-state index in [1.54, 1.807) is 12.1 Å². The van der Waals surface area contributed by atoms with Gasteiger partial charge in [0.25, 0.3) is 0 Å². The van der Waals surface area contributed by atoms with Gasteiger partial charge < -0.3 is 10.2 Å².